The number of carbonyl (C=O) groups is 1. The molecule has 11 heteroatoms. The fourth-order valence-corrected chi connectivity index (χ4v) is 6.36. The van der Waals surface area contributed by atoms with Crippen LogP contribution in [0.3, 0.4) is 0 Å². The Morgan fingerprint density at radius 2 is 1.81 bits per heavy atom. The number of halogens is 4. The second-order valence-electron chi connectivity index (χ2n) is 11.3. The molecule has 1 heterocycles. The van der Waals surface area contributed by atoms with E-state index in [0.29, 0.717) is 5.75 Å². The van der Waals surface area contributed by atoms with Gasteiger partial charge in [0, 0.05) is 38.4 Å². The fraction of sp³-hybridized carbons (Fsp3) is 0.731. The molecular formula is C26H38F4N2O3S2. The lowest BCUT2D eigenvalue weighted by Crippen LogP contribution is -2.60. The highest BCUT2D eigenvalue weighted by Crippen LogP contribution is 2.64. The van der Waals surface area contributed by atoms with E-state index in [1.54, 1.807) is 37.6 Å². The standard InChI is InChI=1S/C22H30F2N2O3S2.C4H8F2/c1-20(2,19(27)28)13-29-16-8-17-15(7-18(16)30-4)26(6-5-25(3)31-17)14-9-21(10-14)11-22(23,24)12-21;1-3-4(2,5)6/h7-8,14H,5-6,9-13H2,1-4H3,(H,27,28);3H2,1-2H3. The van der Waals surface area contributed by atoms with Gasteiger partial charge in [0.05, 0.1) is 20.9 Å². The number of hydrogen-bond acceptors (Lipinski definition) is 6. The van der Waals surface area contributed by atoms with Crippen molar-refractivity contribution in [2.45, 2.75) is 87.5 Å². The number of alkyl halides is 4. The van der Waals surface area contributed by atoms with E-state index in [4.69, 9.17) is 4.74 Å². The Labute approximate surface area is 225 Å². The maximum absolute atomic E-state index is 13.5. The number of anilines is 1. The Hall–Kier alpha value is -1.33. The van der Waals surface area contributed by atoms with E-state index >= 15 is 0 Å². The molecule has 0 atom stereocenters. The number of carboxylic acids is 1. The van der Waals surface area contributed by atoms with Crippen LogP contribution in [-0.2, 0) is 4.79 Å². The van der Waals surface area contributed by atoms with Crippen LogP contribution in [0.5, 0.6) is 5.75 Å². The average molecular weight is 567 g/mol. The number of hydrogen-bond donors (Lipinski definition) is 1. The molecule has 1 aliphatic heterocycles. The Kier molecular flexibility index (Phi) is 9.01. The quantitative estimate of drug-likeness (QED) is 0.211. The van der Waals surface area contributed by atoms with Crippen LogP contribution in [0.4, 0.5) is 23.2 Å². The van der Waals surface area contributed by atoms with Crippen LogP contribution in [0.25, 0.3) is 0 Å². The Bertz CT molecular complexity index is 971. The SMILES string of the molecule is CCC(C)(F)F.CSc1cc2c(cc1OCC(C)(C)C(=O)O)SN(C)CCN2C1CC2(C1)CC(F)(F)C2. The molecule has 0 unspecified atom stereocenters. The lowest BCUT2D eigenvalue weighted by molar-refractivity contribution is -0.195. The van der Waals surface area contributed by atoms with Gasteiger partial charge in [-0.05, 0) is 76.4 Å². The number of thioether (sulfide) groups is 1. The molecule has 0 bridgehead atoms. The summed E-state index contributed by atoms with van der Waals surface area (Å²) < 4.78 is 58.0. The maximum Gasteiger partial charge on any atom is 0.312 e. The van der Waals surface area contributed by atoms with E-state index in [1.165, 1.54) is 6.92 Å². The van der Waals surface area contributed by atoms with Gasteiger partial charge in [0.1, 0.15) is 12.4 Å². The molecule has 2 saturated carbocycles. The van der Waals surface area contributed by atoms with Gasteiger partial charge in [-0.2, -0.15) is 0 Å². The fourth-order valence-electron chi connectivity index (χ4n) is 4.88. The molecule has 1 N–H and O–H groups in total. The van der Waals surface area contributed by atoms with Crippen molar-refractivity contribution in [1.82, 2.24) is 4.31 Å². The molecule has 5 nitrogen and oxygen atoms in total. The highest BCUT2D eigenvalue weighted by molar-refractivity contribution is 7.98. The van der Waals surface area contributed by atoms with E-state index in [-0.39, 0.29) is 37.3 Å². The highest BCUT2D eigenvalue weighted by atomic mass is 32.2. The number of nitrogens with zero attached hydrogens (tertiary/aromatic N) is 2. The van der Waals surface area contributed by atoms with E-state index in [9.17, 15) is 27.5 Å². The maximum atomic E-state index is 13.5. The lowest BCUT2D eigenvalue weighted by atomic mass is 9.52. The summed E-state index contributed by atoms with van der Waals surface area (Å²) >= 11 is 3.22. The van der Waals surface area contributed by atoms with Crippen molar-refractivity contribution in [3.8, 4) is 5.75 Å². The minimum absolute atomic E-state index is 0.0358. The summed E-state index contributed by atoms with van der Waals surface area (Å²) in [4.78, 5) is 15.8. The van der Waals surface area contributed by atoms with Gasteiger partial charge in [-0.15, -0.1) is 11.8 Å². The van der Waals surface area contributed by atoms with Crippen molar-refractivity contribution in [2.24, 2.45) is 10.8 Å². The normalized spacial score (nSPS) is 21.2. The first-order chi connectivity index (χ1) is 17.0. The third-order valence-electron chi connectivity index (χ3n) is 7.30. The first kappa shape index (κ1) is 30.2. The Morgan fingerprint density at radius 1 is 1.22 bits per heavy atom. The summed E-state index contributed by atoms with van der Waals surface area (Å²) in [6, 6.07) is 4.41. The van der Waals surface area contributed by atoms with E-state index in [1.807, 2.05) is 19.4 Å². The van der Waals surface area contributed by atoms with Crippen molar-refractivity contribution in [2.75, 3.05) is 37.9 Å². The van der Waals surface area contributed by atoms with E-state index in [2.05, 4.69) is 15.3 Å². The van der Waals surface area contributed by atoms with Gasteiger partial charge in [0.25, 0.3) is 0 Å². The third-order valence-corrected chi connectivity index (χ3v) is 9.08. The van der Waals surface area contributed by atoms with E-state index < -0.39 is 23.2 Å². The van der Waals surface area contributed by atoms with Gasteiger partial charge in [0.2, 0.25) is 11.8 Å². The van der Waals surface area contributed by atoms with Gasteiger partial charge >= 0.3 is 5.97 Å². The topological polar surface area (TPSA) is 53.0 Å². The van der Waals surface area contributed by atoms with Gasteiger partial charge in [-0.25, -0.2) is 21.9 Å². The smallest absolute Gasteiger partial charge is 0.312 e. The molecule has 1 spiro atoms. The highest BCUT2D eigenvalue weighted by Gasteiger charge is 2.62. The average Bonchev–Trinajstić information content (AvgIpc) is 2.90. The summed E-state index contributed by atoms with van der Waals surface area (Å²) in [5, 5.41) is 9.39. The molecular weight excluding hydrogens is 528 g/mol. The molecule has 0 aromatic heterocycles. The van der Waals surface area contributed by atoms with Crippen LogP contribution in [0, 0.1) is 10.8 Å². The summed E-state index contributed by atoms with van der Waals surface area (Å²) in [7, 11) is 2.04. The van der Waals surface area contributed by atoms with Crippen molar-refractivity contribution in [3.05, 3.63) is 12.1 Å². The summed E-state index contributed by atoms with van der Waals surface area (Å²) in [5.41, 5.74) is -0.0220. The Morgan fingerprint density at radius 3 is 2.30 bits per heavy atom. The summed E-state index contributed by atoms with van der Waals surface area (Å²) in [6.07, 6.45) is 3.65. The van der Waals surface area contributed by atoms with Crippen LogP contribution >= 0.6 is 23.7 Å². The molecule has 0 radical (unpaired) electrons. The molecule has 1 aromatic carbocycles. The number of benzene rings is 1. The van der Waals surface area contributed by atoms with Crippen molar-refractivity contribution in [1.29, 1.82) is 0 Å². The molecule has 2 aliphatic carbocycles. The first-order valence-corrected chi connectivity index (χ1v) is 14.5. The molecule has 2 fully saturated rings. The molecule has 210 valence electrons. The first-order valence-electron chi connectivity index (χ1n) is 12.5. The van der Waals surface area contributed by atoms with E-state index in [0.717, 1.165) is 48.3 Å². The van der Waals surface area contributed by atoms with Crippen molar-refractivity contribution in [3.63, 3.8) is 0 Å². The predicted molar refractivity (Wildman–Crippen MR) is 142 cm³/mol. The molecule has 1 aromatic rings. The molecule has 4 rings (SSSR count). The minimum Gasteiger partial charge on any atom is -0.491 e. The zero-order valence-electron chi connectivity index (χ0n) is 22.4. The van der Waals surface area contributed by atoms with Gasteiger partial charge < -0.3 is 14.7 Å². The van der Waals surface area contributed by atoms with Gasteiger partial charge in [-0.1, -0.05) is 6.92 Å². The molecule has 3 aliphatic rings. The number of rotatable bonds is 7. The largest absolute Gasteiger partial charge is 0.491 e. The zero-order valence-corrected chi connectivity index (χ0v) is 24.0. The van der Waals surface area contributed by atoms with Gasteiger partial charge in [-0.3, -0.25) is 4.79 Å². The van der Waals surface area contributed by atoms with Crippen molar-refractivity contribution < 1.29 is 32.2 Å². The number of carboxylic acid groups (broad SMARTS) is 1. The van der Waals surface area contributed by atoms with Crippen LogP contribution in [0.2, 0.25) is 0 Å². The number of likely N-dealkylation sites (N-methyl/N-ethyl adjacent to an activating group) is 1. The lowest BCUT2D eigenvalue weighted by Gasteiger charge is -2.59. The minimum atomic E-state index is -2.47. The molecule has 0 saturated heterocycles. The second-order valence-corrected chi connectivity index (χ2v) is 13.4. The van der Waals surface area contributed by atoms with Crippen LogP contribution in [0.1, 0.15) is 59.8 Å². The second kappa shape index (κ2) is 11.0. The van der Waals surface area contributed by atoms with Crippen LogP contribution in [0.15, 0.2) is 21.9 Å². The molecule has 37 heavy (non-hydrogen) atoms. The predicted octanol–water partition coefficient (Wildman–Crippen LogP) is 7.29. The van der Waals surface area contributed by atoms with Gasteiger partial charge in [0.15, 0.2) is 0 Å². The third kappa shape index (κ3) is 7.41. The number of ether oxygens (including phenoxy) is 1. The molecule has 0 amide bonds. The zero-order chi connectivity index (χ0) is 27.8. The van der Waals surface area contributed by atoms with Crippen LogP contribution in [-0.4, -0.2) is 66.3 Å². The number of aliphatic carboxylic acids is 1. The summed E-state index contributed by atoms with van der Waals surface area (Å²) in [5.74, 6) is -5.14. The van der Waals surface area contributed by atoms with Crippen molar-refractivity contribution >= 4 is 35.4 Å². The van der Waals surface area contributed by atoms with Crippen LogP contribution < -0.4 is 9.64 Å². The Balaban J connectivity index is 0.000000568. The monoisotopic (exact) mass is 566 g/mol. The summed E-state index contributed by atoms with van der Waals surface area (Å²) in [6.45, 7) is 7.48. The number of fused-ring (bicyclic) bond motifs is 1.